The molecule has 0 N–H and O–H groups in total. The third-order valence-corrected chi connectivity index (χ3v) is 1.91. The first-order chi connectivity index (χ1) is 4.47. The van der Waals surface area contributed by atoms with Gasteiger partial charge in [-0.15, -0.1) is 10.2 Å². The summed E-state index contributed by atoms with van der Waals surface area (Å²) in [5, 5.41) is 11.8. The van der Waals surface area contributed by atoms with Crippen LogP contribution in [0.3, 0.4) is 0 Å². The molecule has 0 amide bonds. The molecular weight excluding hydrogens is 135 g/mol. The Labute approximate surface area is 52.4 Å². The predicted molar refractivity (Wildman–Crippen MR) is 34.6 cm³/mol. The molecular formula is C4H3N4P. The van der Waals surface area contributed by atoms with Crippen LogP contribution in [0.25, 0.3) is 10.8 Å². The molecule has 44 valence electrons. The fraction of sp³-hybridized carbons (Fsp3) is 0. The molecule has 1 atom stereocenters. The summed E-state index contributed by atoms with van der Waals surface area (Å²) in [6, 6.07) is 0. The first-order valence-electron chi connectivity index (χ1n) is 2.44. The molecule has 0 spiro atoms. The van der Waals surface area contributed by atoms with Crippen LogP contribution in [0, 0.1) is 0 Å². The van der Waals surface area contributed by atoms with E-state index in [0.29, 0.717) is 8.19 Å². The van der Waals surface area contributed by atoms with Gasteiger partial charge in [-0.25, -0.2) is 4.98 Å². The highest BCUT2D eigenvalue weighted by Crippen LogP contribution is 2.15. The summed E-state index contributed by atoms with van der Waals surface area (Å²) < 4.78 is 0. The number of hydrogen-bond donors (Lipinski definition) is 0. The Morgan fingerprint density at radius 3 is 3.33 bits per heavy atom. The van der Waals surface area contributed by atoms with E-state index < -0.39 is 0 Å². The Morgan fingerprint density at radius 1 is 1.44 bits per heavy atom. The van der Waals surface area contributed by atoms with Crippen LogP contribution in [0.4, 0.5) is 0 Å². The van der Waals surface area contributed by atoms with Crippen molar-refractivity contribution in [3.8, 4) is 0 Å². The Bertz CT molecular complexity index is 287. The molecule has 0 bridgehead atoms. The van der Waals surface area contributed by atoms with Crippen LogP contribution in [-0.2, 0) is 0 Å². The van der Waals surface area contributed by atoms with Gasteiger partial charge in [-0.05, 0) is 5.21 Å². The molecule has 0 fully saturated rings. The summed E-state index contributed by atoms with van der Waals surface area (Å²) in [6.45, 7) is 0. The number of hydrogen-bond acceptors (Lipinski definition) is 4. The lowest BCUT2D eigenvalue weighted by atomic mass is 10.6. The van der Waals surface area contributed by atoms with Crippen LogP contribution in [0.2, 0.25) is 0 Å². The number of fused-ring (bicyclic) bond motifs is 1. The molecule has 0 radical (unpaired) electrons. The third-order valence-electron chi connectivity index (χ3n) is 1.02. The van der Waals surface area contributed by atoms with E-state index in [-0.39, 0.29) is 0 Å². The molecule has 0 aliphatic rings. The SMILES string of the molecule is c1nc2cnnnc2[pH]1. The lowest BCUT2D eigenvalue weighted by Crippen LogP contribution is -1.82. The van der Waals surface area contributed by atoms with E-state index in [2.05, 4.69) is 20.4 Å². The summed E-state index contributed by atoms with van der Waals surface area (Å²) in [6.07, 6.45) is 1.62. The minimum atomic E-state index is 0.574. The van der Waals surface area contributed by atoms with Crippen molar-refractivity contribution < 1.29 is 0 Å². The Hall–Kier alpha value is -1.02. The Kier molecular flexibility index (Phi) is 0.932. The van der Waals surface area contributed by atoms with Crippen molar-refractivity contribution in [2.24, 2.45) is 0 Å². The normalized spacial score (nSPS) is 11.1. The largest absolute Gasteiger partial charge is 0.248 e. The molecule has 4 nitrogen and oxygen atoms in total. The van der Waals surface area contributed by atoms with Crippen molar-refractivity contribution >= 4 is 19.0 Å². The highest BCUT2D eigenvalue weighted by Gasteiger charge is 1.92. The van der Waals surface area contributed by atoms with Gasteiger partial charge < -0.3 is 0 Å². The van der Waals surface area contributed by atoms with Crippen LogP contribution < -0.4 is 0 Å². The summed E-state index contributed by atoms with van der Waals surface area (Å²) in [7, 11) is 0.574. The van der Waals surface area contributed by atoms with Crippen molar-refractivity contribution in [2.45, 2.75) is 0 Å². The summed E-state index contributed by atoms with van der Waals surface area (Å²) in [5.41, 5.74) is 0.864. The van der Waals surface area contributed by atoms with Crippen LogP contribution in [-0.4, -0.2) is 20.4 Å². The molecule has 0 aliphatic heterocycles. The van der Waals surface area contributed by atoms with E-state index in [4.69, 9.17) is 0 Å². The van der Waals surface area contributed by atoms with Gasteiger partial charge in [0.25, 0.3) is 0 Å². The zero-order valence-corrected chi connectivity index (χ0v) is 5.44. The molecule has 2 aromatic heterocycles. The van der Waals surface area contributed by atoms with Gasteiger partial charge in [0.05, 0.1) is 6.20 Å². The van der Waals surface area contributed by atoms with Gasteiger partial charge >= 0.3 is 0 Å². The average molecular weight is 138 g/mol. The predicted octanol–water partition coefficient (Wildman–Crippen LogP) is 0.451. The highest BCUT2D eigenvalue weighted by atomic mass is 31.0. The zero-order valence-electron chi connectivity index (χ0n) is 4.44. The van der Waals surface area contributed by atoms with E-state index in [0.717, 1.165) is 10.8 Å². The standard InChI is InChI=1S/C4H3N4P/c1-3-4(7-8-6-1)9-2-5-3/h1-2,9H. The van der Waals surface area contributed by atoms with Crippen molar-refractivity contribution in [3.63, 3.8) is 0 Å². The Morgan fingerprint density at radius 2 is 2.44 bits per heavy atom. The Balaban J connectivity index is 2.95. The van der Waals surface area contributed by atoms with E-state index in [1.165, 1.54) is 0 Å². The van der Waals surface area contributed by atoms with Crippen LogP contribution >= 0.6 is 8.19 Å². The first-order valence-corrected chi connectivity index (χ1v) is 3.52. The molecule has 0 saturated heterocycles. The second-order valence-electron chi connectivity index (χ2n) is 1.57. The minimum Gasteiger partial charge on any atom is -0.248 e. The molecule has 9 heavy (non-hydrogen) atoms. The van der Waals surface area contributed by atoms with E-state index >= 15 is 0 Å². The quantitative estimate of drug-likeness (QED) is 0.530. The van der Waals surface area contributed by atoms with Gasteiger partial charge in [0.15, 0.2) is 0 Å². The minimum absolute atomic E-state index is 0.574. The molecule has 2 rings (SSSR count). The third kappa shape index (κ3) is 0.678. The van der Waals surface area contributed by atoms with E-state index in [1.54, 1.807) is 6.20 Å². The maximum atomic E-state index is 4.02. The van der Waals surface area contributed by atoms with Gasteiger partial charge in [0.2, 0.25) is 0 Å². The van der Waals surface area contributed by atoms with Gasteiger partial charge in [-0.1, -0.05) is 8.19 Å². The number of aromatic nitrogens is 4. The molecule has 0 aromatic carbocycles. The monoisotopic (exact) mass is 138 g/mol. The molecule has 5 heteroatoms. The maximum absolute atomic E-state index is 4.02. The summed E-state index contributed by atoms with van der Waals surface area (Å²) >= 11 is 0. The number of rotatable bonds is 0. The van der Waals surface area contributed by atoms with E-state index in [1.807, 2.05) is 5.93 Å². The van der Waals surface area contributed by atoms with E-state index in [9.17, 15) is 0 Å². The van der Waals surface area contributed by atoms with Crippen LogP contribution in [0.1, 0.15) is 0 Å². The maximum Gasteiger partial charge on any atom is 0.132 e. The smallest absolute Gasteiger partial charge is 0.132 e. The summed E-state index contributed by atoms with van der Waals surface area (Å²) in [5.74, 6) is 1.83. The fourth-order valence-electron chi connectivity index (χ4n) is 0.624. The van der Waals surface area contributed by atoms with Gasteiger partial charge in [0.1, 0.15) is 10.8 Å². The van der Waals surface area contributed by atoms with Crippen LogP contribution in [0.5, 0.6) is 0 Å². The average Bonchev–Trinajstić information content (AvgIpc) is 2.33. The molecule has 0 saturated carbocycles. The summed E-state index contributed by atoms with van der Waals surface area (Å²) in [4.78, 5) is 4.02. The zero-order chi connectivity index (χ0) is 6.10. The second kappa shape index (κ2) is 1.74. The first kappa shape index (κ1) is 4.82. The molecule has 1 unspecified atom stereocenters. The van der Waals surface area contributed by atoms with Gasteiger partial charge in [0, 0.05) is 5.93 Å². The fourth-order valence-corrected chi connectivity index (χ4v) is 1.33. The van der Waals surface area contributed by atoms with Crippen molar-refractivity contribution in [1.82, 2.24) is 20.4 Å². The van der Waals surface area contributed by atoms with Crippen LogP contribution in [0.15, 0.2) is 12.1 Å². The molecule has 2 aromatic rings. The topological polar surface area (TPSA) is 51.6 Å². The van der Waals surface area contributed by atoms with Crippen molar-refractivity contribution in [3.05, 3.63) is 12.1 Å². The van der Waals surface area contributed by atoms with Crippen molar-refractivity contribution in [1.29, 1.82) is 0 Å². The lowest BCUT2D eigenvalue weighted by Gasteiger charge is -1.78. The molecule has 0 aliphatic carbocycles. The molecule has 2 heterocycles. The second-order valence-corrected chi connectivity index (χ2v) is 2.59. The highest BCUT2D eigenvalue weighted by molar-refractivity contribution is 7.35. The van der Waals surface area contributed by atoms with Gasteiger partial charge in [-0.3, -0.25) is 0 Å². The van der Waals surface area contributed by atoms with Gasteiger partial charge in [-0.2, -0.15) is 0 Å². The number of nitrogens with zero attached hydrogens (tertiary/aromatic N) is 4. The lowest BCUT2D eigenvalue weighted by molar-refractivity contribution is 0.897. The van der Waals surface area contributed by atoms with Crippen molar-refractivity contribution in [2.75, 3.05) is 0 Å².